The maximum absolute atomic E-state index is 5.82. The summed E-state index contributed by atoms with van der Waals surface area (Å²) < 4.78 is 5.82. The molecule has 0 amide bonds. The summed E-state index contributed by atoms with van der Waals surface area (Å²) in [4.78, 5) is 6.13. The van der Waals surface area contributed by atoms with Crippen LogP contribution in [0.4, 0.5) is 5.82 Å². The second kappa shape index (κ2) is 5.83. The monoisotopic (exact) mass is 281 g/mol. The largest absolute Gasteiger partial charge is 0.456 e. The summed E-state index contributed by atoms with van der Waals surface area (Å²) in [6, 6.07) is 9.59. The van der Waals surface area contributed by atoms with Crippen LogP contribution < -0.4 is 9.64 Å². The Balaban J connectivity index is 1.93. The first-order valence-electron chi connectivity index (χ1n) is 6.84. The molecular weight excluding hydrogens is 264 g/mol. The molecule has 107 valence electrons. The molecule has 0 aliphatic carbocycles. The molecule has 2 heterocycles. The number of rotatable bonds is 5. The Kier molecular flexibility index (Phi) is 3.73. The van der Waals surface area contributed by atoms with Crippen molar-refractivity contribution in [3.63, 3.8) is 0 Å². The van der Waals surface area contributed by atoms with Crippen LogP contribution in [-0.2, 0) is 0 Å². The minimum absolute atomic E-state index is 0.716. The highest BCUT2D eigenvalue weighted by atomic mass is 16.5. The Morgan fingerprint density at radius 2 is 2.19 bits per heavy atom. The minimum Gasteiger partial charge on any atom is -0.456 e. The van der Waals surface area contributed by atoms with Gasteiger partial charge in [0.2, 0.25) is 0 Å². The highest BCUT2D eigenvalue weighted by Gasteiger charge is 2.11. The van der Waals surface area contributed by atoms with Gasteiger partial charge in [-0.3, -0.25) is 10.1 Å². The van der Waals surface area contributed by atoms with E-state index in [9.17, 15) is 0 Å². The van der Waals surface area contributed by atoms with Gasteiger partial charge < -0.3 is 9.64 Å². The maximum atomic E-state index is 5.82. The number of benzene rings is 1. The lowest BCUT2D eigenvalue weighted by Gasteiger charge is -2.15. The predicted molar refractivity (Wildman–Crippen MR) is 83.6 cm³/mol. The van der Waals surface area contributed by atoms with Crippen molar-refractivity contribution in [3.8, 4) is 11.5 Å². The van der Waals surface area contributed by atoms with Gasteiger partial charge in [-0.05, 0) is 36.8 Å². The predicted octanol–water partition coefficient (Wildman–Crippen LogP) is 3.41. The van der Waals surface area contributed by atoms with E-state index in [1.165, 1.54) is 0 Å². The second-order valence-electron chi connectivity index (χ2n) is 4.82. The molecular formula is C16H17N4O. The zero-order chi connectivity index (χ0) is 14.7. The SMILES string of the molecule is [CH2]CCN(C)c1n[nH]c2ccc(Oc3cccnc3)cc12. The Labute approximate surface area is 123 Å². The van der Waals surface area contributed by atoms with Crippen LogP contribution in [0.3, 0.4) is 0 Å². The van der Waals surface area contributed by atoms with Crippen LogP contribution in [0.15, 0.2) is 42.7 Å². The number of nitrogens with zero attached hydrogens (tertiary/aromatic N) is 3. The van der Waals surface area contributed by atoms with Gasteiger partial charge in [0, 0.05) is 25.2 Å². The van der Waals surface area contributed by atoms with Gasteiger partial charge in [-0.1, -0.05) is 6.92 Å². The van der Waals surface area contributed by atoms with Crippen molar-refractivity contribution < 1.29 is 4.74 Å². The molecule has 1 aromatic carbocycles. The molecule has 2 aromatic heterocycles. The number of ether oxygens (including phenoxy) is 1. The van der Waals surface area contributed by atoms with E-state index >= 15 is 0 Å². The van der Waals surface area contributed by atoms with Gasteiger partial charge in [-0.25, -0.2) is 0 Å². The number of hydrogen-bond donors (Lipinski definition) is 1. The Morgan fingerprint density at radius 1 is 1.29 bits per heavy atom. The summed E-state index contributed by atoms with van der Waals surface area (Å²) in [5.74, 6) is 2.39. The molecule has 5 heteroatoms. The van der Waals surface area contributed by atoms with E-state index in [1.54, 1.807) is 12.4 Å². The van der Waals surface area contributed by atoms with Gasteiger partial charge in [-0.15, -0.1) is 0 Å². The third-order valence-corrected chi connectivity index (χ3v) is 3.24. The topological polar surface area (TPSA) is 54.0 Å². The second-order valence-corrected chi connectivity index (χ2v) is 4.82. The first-order valence-corrected chi connectivity index (χ1v) is 6.84. The van der Waals surface area contributed by atoms with Crippen LogP contribution in [0.25, 0.3) is 10.9 Å². The number of nitrogens with one attached hydrogen (secondary N) is 1. The molecule has 1 radical (unpaired) electrons. The molecule has 0 saturated heterocycles. The van der Waals surface area contributed by atoms with Gasteiger partial charge in [0.15, 0.2) is 5.82 Å². The summed E-state index contributed by atoms with van der Waals surface area (Å²) in [6.07, 6.45) is 4.24. The van der Waals surface area contributed by atoms with Crippen molar-refractivity contribution in [2.75, 3.05) is 18.5 Å². The van der Waals surface area contributed by atoms with Crippen LogP contribution in [0.5, 0.6) is 11.5 Å². The zero-order valence-corrected chi connectivity index (χ0v) is 11.9. The van der Waals surface area contributed by atoms with Crippen molar-refractivity contribution in [2.24, 2.45) is 0 Å². The summed E-state index contributed by atoms with van der Waals surface area (Å²) in [5, 5.41) is 8.44. The van der Waals surface area contributed by atoms with Crippen molar-refractivity contribution >= 4 is 16.7 Å². The number of H-pyrrole nitrogens is 1. The lowest BCUT2D eigenvalue weighted by atomic mass is 10.2. The van der Waals surface area contributed by atoms with Crippen LogP contribution in [0.2, 0.25) is 0 Å². The molecule has 0 spiro atoms. The number of fused-ring (bicyclic) bond motifs is 1. The molecule has 0 atom stereocenters. The quantitative estimate of drug-likeness (QED) is 0.778. The molecule has 0 aliphatic rings. The highest BCUT2D eigenvalue weighted by Crippen LogP contribution is 2.29. The van der Waals surface area contributed by atoms with Crippen LogP contribution in [0, 0.1) is 6.92 Å². The number of aromatic nitrogens is 3. The van der Waals surface area contributed by atoms with Gasteiger partial charge in [-0.2, -0.15) is 5.10 Å². The molecule has 0 aliphatic heterocycles. The summed E-state index contributed by atoms with van der Waals surface area (Å²) in [6.45, 7) is 4.73. The third-order valence-electron chi connectivity index (χ3n) is 3.24. The van der Waals surface area contributed by atoms with Gasteiger partial charge in [0.1, 0.15) is 11.5 Å². The van der Waals surface area contributed by atoms with E-state index in [2.05, 4.69) is 27.0 Å². The third kappa shape index (κ3) is 2.81. The highest BCUT2D eigenvalue weighted by molar-refractivity contribution is 5.91. The van der Waals surface area contributed by atoms with Crippen molar-refractivity contribution in [1.29, 1.82) is 0 Å². The first kappa shape index (κ1) is 13.4. The Bertz CT molecular complexity index is 723. The Hall–Kier alpha value is -2.56. The lowest BCUT2D eigenvalue weighted by molar-refractivity contribution is 0.481. The van der Waals surface area contributed by atoms with E-state index in [0.717, 1.165) is 35.4 Å². The van der Waals surface area contributed by atoms with E-state index in [4.69, 9.17) is 4.74 Å². The molecule has 0 fully saturated rings. The molecule has 0 saturated carbocycles. The molecule has 21 heavy (non-hydrogen) atoms. The van der Waals surface area contributed by atoms with E-state index < -0.39 is 0 Å². The molecule has 0 bridgehead atoms. The van der Waals surface area contributed by atoms with E-state index in [-0.39, 0.29) is 0 Å². The van der Waals surface area contributed by atoms with E-state index in [0.29, 0.717) is 5.75 Å². The fourth-order valence-electron chi connectivity index (χ4n) is 2.22. The average Bonchev–Trinajstić information content (AvgIpc) is 2.92. The van der Waals surface area contributed by atoms with Crippen LogP contribution in [-0.4, -0.2) is 28.8 Å². The molecule has 1 N–H and O–H groups in total. The summed E-state index contributed by atoms with van der Waals surface area (Å²) in [5.41, 5.74) is 0.986. The number of aromatic amines is 1. The van der Waals surface area contributed by atoms with Crippen LogP contribution >= 0.6 is 0 Å². The average molecular weight is 281 g/mol. The lowest BCUT2D eigenvalue weighted by Crippen LogP contribution is -2.18. The first-order chi connectivity index (χ1) is 10.3. The van der Waals surface area contributed by atoms with Crippen molar-refractivity contribution in [2.45, 2.75) is 6.42 Å². The van der Waals surface area contributed by atoms with Gasteiger partial charge in [0.05, 0.1) is 11.7 Å². The van der Waals surface area contributed by atoms with E-state index in [1.807, 2.05) is 37.4 Å². The van der Waals surface area contributed by atoms with Gasteiger partial charge in [0.25, 0.3) is 0 Å². The summed E-state index contributed by atoms with van der Waals surface area (Å²) in [7, 11) is 2.01. The Morgan fingerprint density at radius 3 is 2.95 bits per heavy atom. The maximum Gasteiger partial charge on any atom is 0.158 e. The number of pyridine rings is 1. The molecule has 3 aromatic rings. The van der Waals surface area contributed by atoms with Crippen molar-refractivity contribution in [3.05, 3.63) is 49.6 Å². The molecule has 3 rings (SSSR count). The fraction of sp³-hybridized carbons (Fsp3) is 0.188. The minimum atomic E-state index is 0.716. The fourth-order valence-corrected chi connectivity index (χ4v) is 2.22. The normalized spacial score (nSPS) is 10.8. The zero-order valence-electron chi connectivity index (χ0n) is 11.9. The van der Waals surface area contributed by atoms with Gasteiger partial charge >= 0.3 is 0 Å². The smallest absolute Gasteiger partial charge is 0.158 e. The molecule has 5 nitrogen and oxygen atoms in total. The standard InChI is InChI=1S/C16H17N4O/c1-3-9-20(2)16-14-10-12(6-7-15(14)18-19-16)21-13-5-4-8-17-11-13/h4-8,10-11H,1,3,9H2,2H3,(H,18,19). The summed E-state index contributed by atoms with van der Waals surface area (Å²) >= 11 is 0. The number of anilines is 1. The number of hydrogen-bond acceptors (Lipinski definition) is 4. The van der Waals surface area contributed by atoms with Crippen molar-refractivity contribution in [1.82, 2.24) is 15.2 Å². The molecule has 0 unspecified atom stereocenters. The van der Waals surface area contributed by atoms with Crippen LogP contribution in [0.1, 0.15) is 6.42 Å².